The Morgan fingerprint density at radius 1 is 1.29 bits per heavy atom. The number of benzene rings is 1. The second kappa shape index (κ2) is 6.16. The SMILES string of the molecule is Cc1cnc(N2CCN(C(=O)C3CC3c3cccc(F)c3)CC2)s1. The minimum atomic E-state index is -0.224. The molecule has 1 aliphatic heterocycles. The van der Waals surface area contributed by atoms with E-state index in [0.29, 0.717) is 0 Å². The van der Waals surface area contributed by atoms with E-state index in [1.165, 1.54) is 10.9 Å². The number of halogens is 1. The Labute approximate surface area is 144 Å². The summed E-state index contributed by atoms with van der Waals surface area (Å²) in [6.07, 6.45) is 2.74. The first-order chi connectivity index (χ1) is 11.6. The fraction of sp³-hybridized carbons (Fsp3) is 0.444. The maximum Gasteiger partial charge on any atom is 0.226 e. The van der Waals surface area contributed by atoms with E-state index in [2.05, 4.69) is 16.8 Å². The first kappa shape index (κ1) is 15.6. The molecule has 2 atom stereocenters. The summed E-state index contributed by atoms with van der Waals surface area (Å²) in [7, 11) is 0. The van der Waals surface area contributed by atoms with Gasteiger partial charge < -0.3 is 9.80 Å². The molecule has 2 aliphatic rings. The first-order valence-electron chi connectivity index (χ1n) is 8.33. The van der Waals surface area contributed by atoms with Crippen LogP contribution in [0.1, 0.15) is 22.8 Å². The van der Waals surface area contributed by atoms with Gasteiger partial charge in [-0.2, -0.15) is 0 Å². The molecule has 1 saturated carbocycles. The molecule has 1 amide bonds. The maximum absolute atomic E-state index is 13.3. The van der Waals surface area contributed by atoms with Crippen molar-refractivity contribution in [3.63, 3.8) is 0 Å². The number of rotatable bonds is 3. The fourth-order valence-corrected chi connectivity index (χ4v) is 4.23. The molecule has 0 N–H and O–H groups in total. The van der Waals surface area contributed by atoms with Crippen LogP contribution in [0.25, 0.3) is 0 Å². The molecule has 1 aromatic heterocycles. The Bertz CT molecular complexity index is 754. The van der Waals surface area contributed by atoms with E-state index in [9.17, 15) is 9.18 Å². The Morgan fingerprint density at radius 2 is 2.08 bits per heavy atom. The van der Waals surface area contributed by atoms with Crippen molar-refractivity contribution in [2.75, 3.05) is 31.1 Å². The highest BCUT2D eigenvalue weighted by molar-refractivity contribution is 7.15. The minimum Gasteiger partial charge on any atom is -0.345 e. The van der Waals surface area contributed by atoms with Crippen LogP contribution in [-0.2, 0) is 4.79 Å². The Kier molecular flexibility index (Phi) is 4.00. The van der Waals surface area contributed by atoms with Gasteiger partial charge >= 0.3 is 0 Å². The van der Waals surface area contributed by atoms with Crippen molar-refractivity contribution in [1.82, 2.24) is 9.88 Å². The molecule has 126 valence electrons. The Balaban J connectivity index is 1.34. The van der Waals surface area contributed by atoms with E-state index in [1.54, 1.807) is 23.5 Å². The molecule has 1 aliphatic carbocycles. The number of thiazole rings is 1. The summed E-state index contributed by atoms with van der Waals surface area (Å²) in [6, 6.07) is 6.64. The number of carbonyl (C=O) groups excluding carboxylic acids is 1. The van der Waals surface area contributed by atoms with Gasteiger partial charge in [-0.15, -0.1) is 11.3 Å². The van der Waals surface area contributed by atoms with Crippen LogP contribution in [-0.4, -0.2) is 42.0 Å². The van der Waals surface area contributed by atoms with Crippen molar-refractivity contribution >= 4 is 22.4 Å². The van der Waals surface area contributed by atoms with Gasteiger partial charge in [-0.3, -0.25) is 4.79 Å². The van der Waals surface area contributed by atoms with Crippen molar-refractivity contribution < 1.29 is 9.18 Å². The molecule has 2 heterocycles. The summed E-state index contributed by atoms with van der Waals surface area (Å²) in [6.45, 7) is 5.19. The van der Waals surface area contributed by atoms with Crippen LogP contribution >= 0.6 is 11.3 Å². The van der Waals surface area contributed by atoms with Gasteiger partial charge in [0.25, 0.3) is 0 Å². The largest absolute Gasteiger partial charge is 0.345 e. The number of aryl methyl sites for hydroxylation is 1. The standard InChI is InChI=1S/C18H20FN3OS/c1-12-11-20-18(24-12)22-7-5-21(6-8-22)17(23)16-10-15(16)13-3-2-4-14(19)9-13/h2-4,9,11,15-16H,5-8,10H2,1H3. The molecule has 0 bridgehead atoms. The first-order valence-corrected chi connectivity index (χ1v) is 9.15. The van der Waals surface area contributed by atoms with Gasteiger partial charge in [-0.05, 0) is 37.0 Å². The lowest BCUT2D eigenvalue weighted by atomic mass is 10.1. The summed E-state index contributed by atoms with van der Waals surface area (Å²) in [5, 5.41) is 1.05. The molecular weight excluding hydrogens is 325 g/mol. The Hall–Kier alpha value is -1.95. The van der Waals surface area contributed by atoms with E-state index in [1.807, 2.05) is 17.2 Å². The summed E-state index contributed by atoms with van der Waals surface area (Å²) in [5.74, 6) is 0.213. The van der Waals surface area contributed by atoms with Crippen molar-refractivity contribution in [3.8, 4) is 0 Å². The summed E-state index contributed by atoms with van der Waals surface area (Å²) in [5.41, 5.74) is 0.949. The van der Waals surface area contributed by atoms with Crippen LogP contribution in [0.2, 0.25) is 0 Å². The molecule has 2 unspecified atom stereocenters. The quantitative estimate of drug-likeness (QED) is 0.858. The lowest BCUT2D eigenvalue weighted by Gasteiger charge is -2.34. The third-order valence-corrected chi connectivity index (χ3v) is 5.83. The average Bonchev–Trinajstić information content (AvgIpc) is 3.28. The molecule has 1 aromatic carbocycles. The van der Waals surface area contributed by atoms with Gasteiger partial charge in [0, 0.05) is 43.2 Å². The second-order valence-corrected chi connectivity index (χ2v) is 7.78. The molecule has 24 heavy (non-hydrogen) atoms. The Morgan fingerprint density at radius 3 is 2.75 bits per heavy atom. The molecule has 0 spiro atoms. The lowest BCUT2D eigenvalue weighted by Crippen LogP contribution is -2.49. The predicted octanol–water partition coefficient (Wildman–Crippen LogP) is 3.04. The molecule has 4 rings (SSSR count). The fourth-order valence-electron chi connectivity index (χ4n) is 3.42. The zero-order chi connectivity index (χ0) is 16.7. The van der Waals surface area contributed by atoms with Crippen LogP contribution in [0.15, 0.2) is 30.5 Å². The van der Waals surface area contributed by atoms with Crippen molar-refractivity contribution in [2.24, 2.45) is 5.92 Å². The predicted molar refractivity (Wildman–Crippen MR) is 92.9 cm³/mol. The van der Waals surface area contributed by atoms with E-state index >= 15 is 0 Å². The number of anilines is 1. The van der Waals surface area contributed by atoms with Crippen molar-refractivity contribution in [3.05, 3.63) is 46.7 Å². The van der Waals surface area contributed by atoms with Gasteiger partial charge in [0.15, 0.2) is 5.13 Å². The maximum atomic E-state index is 13.3. The number of carbonyl (C=O) groups is 1. The van der Waals surface area contributed by atoms with Gasteiger partial charge in [-0.1, -0.05) is 12.1 Å². The van der Waals surface area contributed by atoms with Crippen LogP contribution in [0.4, 0.5) is 9.52 Å². The average molecular weight is 345 g/mol. The van der Waals surface area contributed by atoms with Crippen LogP contribution < -0.4 is 4.90 Å². The van der Waals surface area contributed by atoms with E-state index < -0.39 is 0 Å². The highest BCUT2D eigenvalue weighted by atomic mass is 32.1. The van der Waals surface area contributed by atoms with Gasteiger partial charge in [0.2, 0.25) is 5.91 Å². The molecule has 1 saturated heterocycles. The van der Waals surface area contributed by atoms with Gasteiger partial charge in [0.1, 0.15) is 5.82 Å². The number of hydrogen-bond donors (Lipinski definition) is 0. The van der Waals surface area contributed by atoms with Crippen LogP contribution in [0.5, 0.6) is 0 Å². The zero-order valence-corrected chi connectivity index (χ0v) is 14.4. The van der Waals surface area contributed by atoms with E-state index in [-0.39, 0.29) is 23.6 Å². The highest BCUT2D eigenvalue weighted by Crippen LogP contribution is 2.48. The van der Waals surface area contributed by atoms with Crippen molar-refractivity contribution in [1.29, 1.82) is 0 Å². The smallest absolute Gasteiger partial charge is 0.226 e. The summed E-state index contributed by atoms with van der Waals surface area (Å²) >= 11 is 1.70. The van der Waals surface area contributed by atoms with Crippen LogP contribution in [0, 0.1) is 18.7 Å². The molecule has 4 nitrogen and oxygen atoms in total. The van der Waals surface area contributed by atoms with Gasteiger partial charge in [-0.25, -0.2) is 9.37 Å². The summed E-state index contributed by atoms with van der Waals surface area (Å²) < 4.78 is 13.3. The monoisotopic (exact) mass is 345 g/mol. The summed E-state index contributed by atoms with van der Waals surface area (Å²) in [4.78, 5) is 22.5. The van der Waals surface area contributed by atoms with Crippen LogP contribution in [0.3, 0.4) is 0 Å². The number of aromatic nitrogens is 1. The number of hydrogen-bond acceptors (Lipinski definition) is 4. The third kappa shape index (κ3) is 3.02. The van der Waals surface area contributed by atoms with E-state index in [0.717, 1.165) is 43.3 Å². The molecule has 2 aromatic rings. The normalized spacial score (nSPS) is 23.4. The topological polar surface area (TPSA) is 36.4 Å². The number of piperazine rings is 1. The molecule has 2 fully saturated rings. The van der Waals surface area contributed by atoms with E-state index in [4.69, 9.17) is 0 Å². The van der Waals surface area contributed by atoms with Gasteiger partial charge in [0.05, 0.1) is 0 Å². The minimum absolute atomic E-state index is 0.0282. The molecule has 6 heteroatoms. The molecular formula is C18H20FN3OS. The number of nitrogens with zero attached hydrogens (tertiary/aromatic N) is 3. The van der Waals surface area contributed by atoms with Crippen molar-refractivity contribution in [2.45, 2.75) is 19.3 Å². The molecule has 0 radical (unpaired) electrons. The third-order valence-electron chi connectivity index (χ3n) is 4.86. The zero-order valence-electron chi connectivity index (χ0n) is 13.6. The lowest BCUT2D eigenvalue weighted by molar-refractivity contribution is -0.132. The number of amides is 1. The highest BCUT2D eigenvalue weighted by Gasteiger charge is 2.46. The second-order valence-electron chi connectivity index (χ2n) is 6.57.